The molecule has 5 nitrogen and oxygen atoms in total. The standard InChI is InChI=1S/C26H34ClN3O2/c1-18-8-6-9-19(2)25(18)28-26(31)29(3)16-20-14-22(15-20)32-23-11-7-10-21(24(23)27)17-30-12-4-5-13-30/h6-11,20,22H,4-5,12-17H2,1-3H3,(H,28,31). The molecule has 0 unspecified atom stereocenters. The minimum Gasteiger partial charge on any atom is -0.489 e. The van der Waals surface area contributed by atoms with E-state index in [-0.39, 0.29) is 12.1 Å². The van der Waals surface area contributed by atoms with Crippen LogP contribution in [0.15, 0.2) is 36.4 Å². The Labute approximate surface area is 196 Å². The number of halogens is 1. The Morgan fingerprint density at radius 1 is 1.12 bits per heavy atom. The normalized spacial score (nSPS) is 20.6. The first-order valence-corrected chi connectivity index (χ1v) is 12.0. The predicted octanol–water partition coefficient (Wildman–Crippen LogP) is 5.87. The quantitative estimate of drug-likeness (QED) is 0.567. The first kappa shape index (κ1) is 22.9. The number of carbonyl (C=O) groups excluding carboxylic acids is 1. The molecule has 172 valence electrons. The highest BCUT2D eigenvalue weighted by atomic mass is 35.5. The first-order valence-electron chi connectivity index (χ1n) is 11.7. The van der Waals surface area contributed by atoms with E-state index in [2.05, 4.69) is 16.3 Å². The Bertz CT molecular complexity index is 932. The summed E-state index contributed by atoms with van der Waals surface area (Å²) in [6.07, 6.45) is 4.58. The minimum atomic E-state index is -0.0653. The Balaban J connectivity index is 1.25. The molecule has 1 aliphatic carbocycles. The molecule has 0 atom stereocenters. The lowest BCUT2D eigenvalue weighted by Crippen LogP contribution is -2.43. The lowest BCUT2D eigenvalue weighted by atomic mass is 9.82. The smallest absolute Gasteiger partial charge is 0.321 e. The highest BCUT2D eigenvalue weighted by Gasteiger charge is 2.33. The third kappa shape index (κ3) is 5.38. The maximum absolute atomic E-state index is 12.7. The molecule has 1 N–H and O–H groups in total. The topological polar surface area (TPSA) is 44.8 Å². The average Bonchev–Trinajstić information content (AvgIpc) is 3.24. The van der Waals surface area contributed by atoms with Gasteiger partial charge in [-0.2, -0.15) is 0 Å². The fourth-order valence-electron chi connectivity index (χ4n) is 4.73. The minimum absolute atomic E-state index is 0.0653. The molecule has 1 saturated heterocycles. The van der Waals surface area contributed by atoms with Gasteiger partial charge in [-0.15, -0.1) is 0 Å². The fraction of sp³-hybridized carbons (Fsp3) is 0.500. The summed E-state index contributed by atoms with van der Waals surface area (Å²) in [5.41, 5.74) is 4.20. The van der Waals surface area contributed by atoms with Gasteiger partial charge in [-0.1, -0.05) is 41.9 Å². The van der Waals surface area contributed by atoms with Gasteiger partial charge in [0.25, 0.3) is 0 Å². The van der Waals surface area contributed by atoms with Crippen molar-refractivity contribution in [3.05, 3.63) is 58.1 Å². The molecular weight excluding hydrogens is 422 g/mol. The van der Waals surface area contributed by atoms with E-state index in [0.717, 1.165) is 72.2 Å². The van der Waals surface area contributed by atoms with Gasteiger partial charge in [-0.3, -0.25) is 4.90 Å². The monoisotopic (exact) mass is 455 g/mol. The van der Waals surface area contributed by atoms with E-state index in [4.69, 9.17) is 16.3 Å². The number of urea groups is 1. The van der Waals surface area contributed by atoms with Crippen molar-refractivity contribution in [1.29, 1.82) is 0 Å². The summed E-state index contributed by atoms with van der Waals surface area (Å²) in [7, 11) is 1.86. The zero-order valence-corrected chi connectivity index (χ0v) is 20.1. The number of hydrogen-bond acceptors (Lipinski definition) is 3. The second kappa shape index (κ2) is 10.1. The van der Waals surface area contributed by atoms with E-state index in [0.29, 0.717) is 5.92 Å². The SMILES string of the molecule is Cc1cccc(C)c1NC(=O)N(C)CC1CC(Oc2cccc(CN3CCCC3)c2Cl)C1. The van der Waals surface area contributed by atoms with Crippen LogP contribution in [-0.4, -0.2) is 48.6 Å². The zero-order valence-electron chi connectivity index (χ0n) is 19.4. The van der Waals surface area contributed by atoms with Gasteiger partial charge in [0, 0.05) is 25.8 Å². The van der Waals surface area contributed by atoms with Gasteiger partial charge in [-0.25, -0.2) is 4.79 Å². The Kier molecular flexibility index (Phi) is 7.27. The van der Waals surface area contributed by atoms with Crippen molar-refractivity contribution in [1.82, 2.24) is 9.80 Å². The predicted molar refractivity (Wildman–Crippen MR) is 131 cm³/mol. The molecule has 0 aromatic heterocycles. The average molecular weight is 456 g/mol. The highest BCUT2D eigenvalue weighted by molar-refractivity contribution is 6.32. The highest BCUT2D eigenvalue weighted by Crippen LogP contribution is 2.36. The van der Waals surface area contributed by atoms with Crippen molar-refractivity contribution < 1.29 is 9.53 Å². The Morgan fingerprint density at radius 2 is 1.78 bits per heavy atom. The number of anilines is 1. The number of hydrogen-bond donors (Lipinski definition) is 1. The van der Waals surface area contributed by atoms with E-state index in [9.17, 15) is 4.79 Å². The molecule has 2 aromatic carbocycles. The van der Waals surface area contributed by atoms with Crippen molar-refractivity contribution in [3.63, 3.8) is 0 Å². The van der Waals surface area contributed by atoms with Crippen molar-refractivity contribution >= 4 is 23.3 Å². The molecule has 2 aromatic rings. The summed E-state index contributed by atoms with van der Waals surface area (Å²) >= 11 is 6.66. The second-order valence-electron chi connectivity index (χ2n) is 9.37. The van der Waals surface area contributed by atoms with Gasteiger partial charge in [0.05, 0.1) is 11.1 Å². The number of rotatable bonds is 7. The third-order valence-electron chi connectivity index (χ3n) is 6.71. The van der Waals surface area contributed by atoms with Crippen LogP contribution in [0.25, 0.3) is 0 Å². The number of ether oxygens (including phenoxy) is 1. The number of amides is 2. The summed E-state index contributed by atoms with van der Waals surface area (Å²) < 4.78 is 6.22. The van der Waals surface area contributed by atoms with Crippen LogP contribution in [-0.2, 0) is 6.54 Å². The molecule has 2 fully saturated rings. The Morgan fingerprint density at radius 3 is 2.47 bits per heavy atom. The molecule has 1 heterocycles. The van der Waals surface area contributed by atoms with E-state index >= 15 is 0 Å². The molecule has 2 amide bonds. The number of nitrogens with one attached hydrogen (secondary N) is 1. The van der Waals surface area contributed by atoms with E-state index in [1.54, 1.807) is 4.90 Å². The van der Waals surface area contributed by atoms with Gasteiger partial charge in [0.2, 0.25) is 0 Å². The van der Waals surface area contributed by atoms with Gasteiger partial charge in [0.15, 0.2) is 0 Å². The zero-order chi connectivity index (χ0) is 22.7. The van der Waals surface area contributed by atoms with Gasteiger partial charge < -0.3 is 15.0 Å². The van der Waals surface area contributed by atoms with Crippen LogP contribution >= 0.6 is 11.6 Å². The third-order valence-corrected chi connectivity index (χ3v) is 7.14. The van der Waals surface area contributed by atoms with E-state index in [1.807, 2.05) is 51.2 Å². The van der Waals surface area contributed by atoms with Gasteiger partial charge >= 0.3 is 6.03 Å². The molecule has 0 bridgehead atoms. The maximum atomic E-state index is 12.7. The van der Waals surface area contributed by atoms with E-state index < -0.39 is 0 Å². The number of para-hydroxylation sites is 1. The summed E-state index contributed by atoms with van der Waals surface area (Å²) in [5, 5.41) is 3.80. The molecule has 0 spiro atoms. The largest absolute Gasteiger partial charge is 0.489 e. The van der Waals surface area contributed by atoms with Crippen molar-refractivity contribution in [2.75, 3.05) is 32.0 Å². The van der Waals surface area contributed by atoms with E-state index in [1.165, 1.54) is 12.8 Å². The first-order chi connectivity index (χ1) is 15.4. The van der Waals surface area contributed by atoms with Crippen LogP contribution < -0.4 is 10.1 Å². The fourth-order valence-corrected chi connectivity index (χ4v) is 4.96. The van der Waals surface area contributed by atoms with Gasteiger partial charge in [-0.05, 0) is 81.3 Å². The van der Waals surface area contributed by atoms with Crippen LogP contribution in [0, 0.1) is 19.8 Å². The summed E-state index contributed by atoms with van der Waals surface area (Å²) in [4.78, 5) is 16.9. The van der Waals surface area contributed by atoms with Crippen molar-refractivity contribution in [2.45, 2.75) is 52.2 Å². The molecule has 1 aliphatic heterocycles. The lowest BCUT2D eigenvalue weighted by Gasteiger charge is -2.37. The molecule has 32 heavy (non-hydrogen) atoms. The van der Waals surface area contributed by atoms with Crippen LogP contribution in [0.2, 0.25) is 5.02 Å². The van der Waals surface area contributed by atoms with Crippen molar-refractivity contribution in [2.24, 2.45) is 5.92 Å². The molecule has 4 rings (SSSR count). The van der Waals surface area contributed by atoms with Gasteiger partial charge in [0.1, 0.15) is 5.75 Å². The molecule has 1 saturated carbocycles. The molecule has 0 radical (unpaired) electrons. The van der Waals surface area contributed by atoms with Crippen LogP contribution in [0.3, 0.4) is 0 Å². The van der Waals surface area contributed by atoms with Crippen LogP contribution in [0.5, 0.6) is 5.75 Å². The molecular formula is C26H34ClN3O2. The number of benzene rings is 2. The molecule has 2 aliphatic rings. The number of aryl methyl sites for hydroxylation is 2. The van der Waals surface area contributed by atoms with Crippen molar-refractivity contribution in [3.8, 4) is 5.75 Å². The number of carbonyl (C=O) groups is 1. The Hall–Kier alpha value is -2.24. The second-order valence-corrected chi connectivity index (χ2v) is 9.75. The number of likely N-dealkylation sites (tertiary alicyclic amines) is 1. The maximum Gasteiger partial charge on any atom is 0.321 e. The summed E-state index contributed by atoms with van der Waals surface area (Å²) in [5.74, 6) is 1.23. The van der Waals surface area contributed by atoms with Crippen LogP contribution in [0.1, 0.15) is 42.4 Å². The lowest BCUT2D eigenvalue weighted by molar-refractivity contribution is 0.0532. The summed E-state index contributed by atoms with van der Waals surface area (Å²) in [6.45, 7) is 7.94. The van der Waals surface area contributed by atoms with Crippen LogP contribution in [0.4, 0.5) is 10.5 Å². The number of nitrogens with zero attached hydrogens (tertiary/aromatic N) is 2. The molecule has 6 heteroatoms. The summed E-state index contributed by atoms with van der Waals surface area (Å²) in [6, 6.07) is 12.1.